The molecule has 3 aromatic rings. The SMILES string of the molecule is Cc1c(C(=O)Nc2ccnn2C2CCCCC2)oc2ccccc12. The number of furan rings is 1. The molecule has 0 aliphatic heterocycles. The second kappa shape index (κ2) is 6.15. The van der Waals surface area contributed by atoms with Crippen molar-refractivity contribution in [3.8, 4) is 0 Å². The Morgan fingerprint density at radius 3 is 2.79 bits per heavy atom. The number of anilines is 1. The second-order valence-corrected chi connectivity index (χ2v) is 6.46. The maximum Gasteiger partial charge on any atom is 0.292 e. The zero-order valence-corrected chi connectivity index (χ0v) is 13.8. The highest BCUT2D eigenvalue weighted by atomic mass is 16.3. The molecule has 5 nitrogen and oxygen atoms in total. The van der Waals surface area contributed by atoms with Gasteiger partial charge in [0.1, 0.15) is 11.4 Å². The molecule has 5 heteroatoms. The molecule has 0 saturated heterocycles. The highest BCUT2D eigenvalue weighted by molar-refractivity contribution is 6.06. The number of hydrogen-bond donors (Lipinski definition) is 1. The van der Waals surface area contributed by atoms with Gasteiger partial charge in [-0.05, 0) is 25.8 Å². The molecule has 0 atom stereocenters. The van der Waals surface area contributed by atoms with E-state index in [2.05, 4.69) is 10.4 Å². The van der Waals surface area contributed by atoms with Crippen LogP contribution in [0.25, 0.3) is 11.0 Å². The molecule has 2 aromatic heterocycles. The van der Waals surface area contributed by atoms with Crippen LogP contribution in [-0.2, 0) is 0 Å². The van der Waals surface area contributed by atoms with Crippen LogP contribution in [0.5, 0.6) is 0 Å². The average molecular weight is 323 g/mol. The van der Waals surface area contributed by atoms with E-state index in [9.17, 15) is 4.79 Å². The van der Waals surface area contributed by atoms with Gasteiger partial charge in [0.2, 0.25) is 0 Å². The summed E-state index contributed by atoms with van der Waals surface area (Å²) < 4.78 is 7.71. The maximum atomic E-state index is 12.7. The molecule has 1 saturated carbocycles. The average Bonchev–Trinajstić information content (AvgIpc) is 3.21. The third-order valence-corrected chi connectivity index (χ3v) is 4.88. The van der Waals surface area contributed by atoms with E-state index in [1.807, 2.05) is 41.9 Å². The van der Waals surface area contributed by atoms with E-state index < -0.39 is 0 Å². The van der Waals surface area contributed by atoms with Gasteiger partial charge < -0.3 is 9.73 Å². The molecule has 1 aliphatic rings. The molecular formula is C19H21N3O2. The Morgan fingerprint density at radius 2 is 2.00 bits per heavy atom. The number of aryl methyl sites for hydroxylation is 1. The molecule has 1 aliphatic carbocycles. The molecule has 24 heavy (non-hydrogen) atoms. The minimum absolute atomic E-state index is 0.221. The fourth-order valence-corrected chi connectivity index (χ4v) is 3.59. The van der Waals surface area contributed by atoms with Crippen molar-refractivity contribution >= 4 is 22.7 Å². The van der Waals surface area contributed by atoms with Gasteiger partial charge in [0.25, 0.3) is 5.91 Å². The van der Waals surface area contributed by atoms with Crippen LogP contribution in [0.1, 0.15) is 54.3 Å². The van der Waals surface area contributed by atoms with Gasteiger partial charge in [0, 0.05) is 17.0 Å². The van der Waals surface area contributed by atoms with E-state index in [-0.39, 0.29) is 5.91 Å². The van der Waals surface area contributed by atoms with E-state index in [1.54, 1.807) is 6.20 Å². The molecule has 0 unspecified atom stereocenters. The molecule has 0 radical (unpaired) electrons. The Bertz CT molecular complexity index is 872. The van der Waals surface area contributed by atoms with Crippen LogP contribution >= 0.6 is 0 Å². The zero-order chi connectivity index (χ0) is 16.5. The topological polar surface area (TPSA) is 60.1 Å². The lowest BCUT2D eigenvalue weighted by atomic mass is 9.96. The van der Waals surface area contributed by atoms with Gasteiger partial charge in [0.15, 0.2) is 5.76 Å². The van der Waals surface area contributed by atoms with Crippen LogP contribution in [0.2, 0.25) is 0 Å². The van der Waals surface area contributed by atoms with Crippen molar-refractivity contribution in [2.75, 3.05) is 5.32 Å². The first kappa shape index (κ1) is 15.0. The minimum Gasteiger partial charge on any atom is -0.451 e. The van der Waals surface area contributed by atoms with E-state index >= 15 is 0 Å². The summed E-state index contributed by atoms with van der Waals surface area (Å²) in [5.74, 6) is 0.889. The van der Waals surface area contributed by atoms with E-state index in [1.165, 1.54) is 19.3 Å². The molecule has 1 aromatic carbocycles. The number of nitrogens with one attached hydrogen (secondary N) is 1. The summed E-state index contributed by atoms with van der Waals surface area (Å²) >= 11 is 0. The number of carbonyl (C=O) groups excluding carboxylic acids is 1. The number of hydrogen-bond acceptors (Lipinski definition) is 3. The summed E-state index contributed by atoms with van der Waals surface area (Å²) in [4.78, 5) is 12.7. The first-order valence-electron chi connectivity index (χ1n) is 8.57. The highest BCUT2D eigenvalue weighted by Gasteiger charge is 2.22. The lowest BCUT2D eigenvalue weighted by molar-refractivity contribution is 0.0996. The van der Waals surface area contributed by atoms with Crippen LogP contribution in [-0.4, -0.2) is 15.7 Å². The Labute approximate surface area is 140 Å². The summed E-state index contributed by atoms with van der Waals surface area (Å²) in [6.07, 6.45) is 7.72. The van der Waals surface area contributed by atoms with Gasteiger partial charge in [-0.1, -0.05) is 37.5 Å². The molecular weight excluding hydrogens is 302 g/mol. The molecule has 124 valence electrons. The van der Waals surface area contributed by atoms with Crippen molar-refractivity contribution in [3.63, 3.8) is 0 Å². The lowest BCUT2D eigenvalue weighted by Crippen LogP contribution is -2.20. The summed E-state index contributed by atoms with van der Waals surface area (Å²) in [5.41, 5.74) is 1.60. The number of para-hydroxylation sites is 1. The number of rotatable bonds is 3. The molecule has 4 rings (SSSR count). The predicted molar refractivity (Wildman–Crippen MR) is 93.3 cm³/mol. The normalized spacial score (nSPS) is 15.7. The van der Waals surface area contributed by atoms with Crippen molar-refractivity contribution < 1.29 is 9.21 Å². The predicted octanol–water partition coefficient (Wildman–Crippen LogP) is 4.70. The summed E-state index contributed by atoms with van der Waals surface area (Å²) in [7, 11) is 0. The second-order valence-electron chi connectivity index (χ2n) is 6.46. The van der Waals surface area contributed by atoms with E-state index in [0.717, 1.165) is 35.2 Å². The lowest BCUT2D eigenvalue weighted by Gasteiger charge is -2.23. The number of carbonyl (C=O) groups is 1. The largest absolute Gasteiger partial charge is 0.451 e. The van der Waals surface area contributed by atoms with Crippen LogP contribution < -0.4 is 5.32 Å². The Morgan fingerprint density at radius 1 is 1.21 bits per heavy atom. The van der Waals surface area contributed by atoms with Gasteiger partial charge in [-0.3, -0.25) is 4.79 Å². The third-order valence-electron chi connectivity index (χ3n) is 4.88. The van der Waals surface area contributed by atoms with Gasteiger partial charge in [-0.2, -0.15) is 5.10 Å². The smallest absolute Gasteiger partial charge is 0.292 e. The zero-order valence-electron chi connectivity index (χ0n) is 13.8. The fraction of sp³-hybridized carbons (Fsp3) is 0.368. The quantitative estimate of drug-likeness (QED) is 0.760. The fourth-order valence-electron chi connectivity index (χ4n) is 3.59. The number of aromatic nitrogens is 2. The third kappa shape index (κ3) is 2.60. The maximum absolute atomic E-state index is 12.7. The van der Waals surface area contributed by atoms with Crippen molar-refractivity contribution in [2.24, 2.45) is 0 Å². The van der Waals surface area contributed by atoms with Crippen LogP contribution in [0.4, 0.5) is 5.82 Å². The van der Waals surface area contributed by atoms with E-state index in [0.29, 0.717) is 11.8 Å². The molecule has 0 bridgehead atoms. The van der Waals surface area contributed by atoms with Gasteiger partial charge >= 0.3 is 0 Å². The highest BCUT2D eigenvalue weighted by Crippen LogP contribution is 2.30. The molecule has 0 spiro atoms. The Kier molecular flexibility index (Phi) is 3.84. The van der Waals surface area contributed by atoms with Crippen molar-refractivity contribution in [2.45, 2.75) is 45.1 Å². The monoisotopic (exact) mass is 323 g/mol. The van der Waals surface area contributed by atoms with Crippen molar-refractivity contribution in [1.82, 2.24) is 9.78 Å². The Balaban J connectivity index is 1.60. The van der Waals surface area contributed by atoms with Crippen LogP contribution in [0.15, 0.2) is 40.9 Å². The molecule has 1 fully saturated rings. The first-order valence-corrected chi connectivity index (χ1v) is 8.57. The van der Waals surface area contributed by atoms with Crippen LogP contribution in [0.3, 0.4) is 0 Å². The number of fused-ring (bicyclic) bond motifs is 1. The van der Waals surface area contributed by atoms with Crippen LogP contribution in [0, 0.1) is 6.92 Å². The van der Waals surface area contributed by atoms with Crippen molar-refractivity contribution in [1.29, 1.82) is 0 Å². The number of nitrogens with zero attached hydrogens (tertiary/aromatic N) is 2. The minimum atomic E-state index is -0.221. The Hall–Kier alpha value is -2.56. The summed E-state index contributed by atoms with van der Waals surface area (Å²) in [6, 6.07) is 9.93. The standard InChI is InChI=1S/C19H21N3O2/c1-13-15-9-5-6-10-16(15)24-18(13)19(23)21-17-11-12-20-22(17)14-7-3-2-4-8-14/h5-6,9-12,14H,2-4,7-8H2,1H3,(H,21,23). The number of benzene rings is 1. The number of amides is 1. The van der Waals surface area contributed by atoms with Gasteiger partial charge in [-0.25, -0.2) is 4.68 Å². The molecule has 2 heterocycles. The summed E-state index contributed by atoms with van der Waals surface area (Å²) in [5, 5.41) is 8.37. The molecule has 1 N–H and O–H groups in total. The van der Waals surface area contributed by atoms with Crippen molar-refractivity contribution in [3.05, 3.63) is 47.9 Å². The van der Waals surface area contributed by atoms with Gasteiger partial charge in [0.05, 0.1) is 12.2 Å². The van der Waals surface area contributed by atoms with Gasteiger partial charge in [-0.15, -0.1) is 0 Å². The molecule has 1 amide bonds. The summed E-state index contributed by atoms with van der Waals surface area (Å²) in [6.45, 7) is 1.92. The first-order chi connectivity index (χ1) is 11.7. The van der Waals surface area contributed by atoms with E-state index in [4.69, 9.17) is 4.42 Å².